The van der Waals surface area contributed by atoms with Gasteiger partial charge in [0.1, 0.15) is 17.2 Å². The number of hydrogen-bond donors (Lipinski definition) is 1. The highest BCUT2D eigenvalue weighted by atomic mass is 16.5. The molecule has 1 saturated heterocycles. The smallest absolute Gasteiger partial charge is 0.232 e. The normalized spacial score (nSPS) is 14.8. The number of rotatable bonds is 10. The molecule has 0 radical (unpaired) electrons. The molecule has 1 aliphatic rings. The number of nitriles is 1. The van der Waals surface area contributed by atoms with Gasteiger partial charge in [0.25, 0.3) is 0 Å². The Kier molecular flexibility index (Phi) is 8.88. The number of aromatic nitrogens is 1. The van der Waals surface area contributed by atoms with Gasteiger partial charge in [-0.1, -0.05) is 18.2 Å². The van der Waals surface area contributed by atoms with E-state index in [9.17, 15) is 5.26 Å². The monoisotopic (exact) mass is 516 g/mol. The number of morpholine rings is 1. The van der Waals surface area contributed by atoms with Crippen LogP contribution in [0.15, 0.2) is 48.7 Å². The minimum atomic E-state index is -0.531. The Labute approximate surface area is 226 Å². The molecule has 2 heterocycles. The lowest BCUT2D eigenvalue weighted by molar-refractivity contribution is -0.0300. The van der Waals surface area contributed by atoms with Gasteiger partial charge < -0.3 is 19.5 Å². The zero-order valence-corrected chi connectivity index (χ0v) is 23.3. The first-order chi connectivity index (χ1) is 18.1. The van der Waals surface area contributed by atoms with E-state index in [1.54, 1.807) is 6.20 Å². The predicted molar refractivity (Wildman–Crippen MR) is 153 cm³/mol. The van der Waals surface area contributed by atoms with Crippen molar-refractivity contribution in [2.75, 3.05) is 51.3 Å². The number of pyridine rings is 1. The Bertz CT molecular complexity index is 1270. The second-order valence-electron chi connectivity index (χ2n) is 11.4. The quantitative estimate of drug-likeness (QED) is 0.360. The van der Waals surface area contributed by atoms with Gasteiger partial charge in [0.05, 0.1) is 25.4 Å². The minimum Gasteiger partial charge on any atom is -0.471 e. The first kappa shape index (κ1) is 27.8. The first-order valence-corrected chi connectivity index (χ1v) is 13.4. The maximum absolute atomic E-state index is 10.1. The van der Waals surface area contributed by atoms with Gasteiger partial charge in [-0.2, -0.15) is 5.26 Å². The highest BCUT2D eigenvalue weighted by molar-refractivity contribution is 5.90. The van der Waals surface area contributed by atoms with E-state index in [0.717, 1.165) is 67.0 Å². The summed E-state index contributed by atoms with van der Waals surface area (Å²) in [4.78, 5) is 6.83. The number of fused-ring (bicyclic) bond motifs is 1. The SMILES string of the molecule is CC(C)(C)OCCC(C)(C)Oc1nccc(-c2ccc3cc(NCCN4CCOCC4)ccc3c2)c1C#N. The van der Waals surface area contributed by atoms with Crippen LogP contribution in [0.5, 0.6) is 5.88 Å². The molecule has 0 amide bonds. The number of hydrogen-bond acceptors (Lipinski definition) is 7. The van der Waals surface area contributed by atoms with E-state index in [1.165, 1.54) is 0 Å². The molecule has 1 fully saturated rings. The van der Waals surface area contributed by atoms with E-state index in [-0.39, 0.29) is 5.60 Å². The Balaban J connectivity index is 1.47. The Morgan fingerprint density at radius 1 is 1.03 bits per heavy atom. The Morgan fingerprint density at radius 3 is 2.50 bits per heavy atom. The Hall–Kier alpha value is -3.18. The Morgan fingerprint density at radius 2 is 1.76 bits per heavy atom. The minimum absolute atomic E-state index is 0.206. The third kappa shape index (κ3) is 7.67. The summed E-state index contributed by atoms with van der Waals surface area (Å²) in [5.74, 6) is 0.352. The van der Waals surface area contributed by atoms with Crippen molar-refractivity contribution in [1.82, 2.24) is 9.88 Å². The van der Waals surface area contributed by atoms with Crippen molar-refractivity contribution < 1.29 is 14.2 Å². The topological polar surface area (TPSA) is 79.6 Å². The molecule has 3 aromatic rings. The summed E-state index contributed by atoms with van der Waals surface area (Å²) in [6.07, 6.45) is 2.39. The summed E-state index contributed by atoms with van der Waals surface area (Å²) in [5.41, 5.74) is 2.59. The maximum atomic E-state index is 10.1. The van der Waals surface area contributed by atoms with Gasteiger partial charge in [-0.25, -0.2) is 4.98 Å². The lowest BCUT2D eigenvalue weighted by Crippen LogP contribution is -2.38. The standard InChI is InChI=1S/C31H40N4O3/c1-30(2,3)37-17-11-31(4,5)38-29-28(22-32)27(10-12-34-29)25-7-6-24-21-26(9-8-23(24)20-25)33-13-14-35-15-18-36-19-16-35/h6-10,12,20-21,33H,11,13-19H2,1-5H3. The average Bonchev–Trinajstić information content (AvgIpc) is 2.87. The van der Waals surface area contributed by atoms with Gasteiger partial charge in [-0.05, 0) is 75.2 Å². The van der Waals surface area contributed by atoms with E-state index in [0.29, 0.717) is 24.5 Å². The first-order valence-electron chi connectivity index (χ1n) is 13.4. The highest BCUT2D eigenvalue weighted by Gasteiger charge is 2.25. The van der Waals surface area contributed by atoms with Gasteiger partial charge in [-0.15, -0.1) is 0 Å². The van der Waals surface area contributed by atoms with Gasteiger partial charge in [0.15, 0.2) is 0 Å². The van der Waals surface area contributed by atoms with Crippen LogP contribution in [0.2, 0.25) is 0 Å². The van der Waals surface area contributed by atoms with Crippen LogP contribution < -0.4 is 10.1 Å². The van der Waals surface area contributed by atoms with Crippen molar-refractivity contribution in [3.8, 4) is 23.1 Å². The molecular weight excluding hydrogens is 476 g/mol. The van der Waals surface area contributed by atoms with Crippen LogP contribution in [0.25, 0.3) is 21.9 Å². The second-order valence-corrected chi connectivity index (χ2v) is 11.4. The van der Waals surface area contributed by atoms with Crippen LogP contribution in [0, 0.1) is 11.3 Å². The van der Waals surface area contributed by atoms with E-state index >= 15 is 0 Å². The number of nitrogens with zero attached hydrogens (tertiary/aromatic N) is 3. The number of anilines is 1. The van der Waals surface area contributed by atoms with Crippen LogP contribution in [0.1, 0.15) is 46.6 Å². The van der Waals surface area contributed by atoms with Crippen molar-refractivity contribution in [3.05, 3.63) is 54.2 Å². The predicted octanol–water partition coefficient (Wildman–Crippen LogP) is 5.88. The highest BCUT2D eigenvalue weighted by Crippen LogP contribution is 2.33. The molecule has 0 saturated carbocycles. The summed E-state index contributed by atoms with van der Waals surface area (Å²) in [7, 11) is 0. The zero-order chi connectivity index (χ0) is 27.2. The summed E-state index contributed by atoms with van der Waals surface area (Å²) in [5, 5.41) is 15.9. The maximum Gasteiger partial charge on any atom is 0.232 e. The molecule has 1 N–H and O–H groups in total. The molecule has 0 spiro atoms. The molecule has 4 rings (SSSR count). The lowest BCUT2D eigenvalue weighted by Gasteiger charge is -2.28. The summed E-state index contributed by atoms with van der Waals surface area (Å²) < 4.78 is 17.6. The molecule has 0 aliphatic carbocycles. The lowest BCUT2D eigenvalue weighted by atomic mass is 9.98. The molecule has 2 aromatic carbocycles. The fourth-order valence-electron chi connectivity index (χ4n) is 4.49. The van der Waals surface area contributed by atoms with E-state index < -0.39 is 5.60 Å². The van der Waals surface area contributed by atoms with Crippen LogP contribution in [0.4, 0.5) is 5.69 Å². The average molecular weight is 517 g/mol. The summed E-state index contributed by atoms with van der Waals surface area (Å²) >= 11 is 0. The number of ether oxygens (including phenoxy) is 3. The molecule has 1 aliphatic heterocycles. The fraction of sp³-hybridized carbons (Fsp3) is 0.484. The molecular formula is C31H40N4O3. The molecule has 0 bridgehead atoms. The molecule has 0 atom stereocenters. The number of benzene rings is 2. The van der Waals surface area contributed by atoms with Gasteiger partial charge >= 0.3 is 0 Å². The van der Waals surface area contributed by atoms with E-state index in [2.05, 4.69) is 57.7 Å². The molecule has 1 aromatic heterocycles. The third-order valence-electron chi connectivity index (χ3n) is 6.65. The summed E-state index contributed by atoms with van der Waals surface area (Å²) in [6.45, 7) is 16.2. The van der Waals surface area contributed by atoms with Gasteiger partial charge in [-0.3, -0.25) is 4.90 Å². The second kappa shape index (κ2) is 12.1. The van der Waals surface area contributed by atoms with E-state index in [4.69, 9.17) is 14.2 Å². The van der Waals surface area contributed by atoms with Crippen molar-refractivity contribution in [2.45, 2.75) is 52.2 Å². The molecule has 202 valence electrons. The molecule has 38 heavy (non-hydrogen) atoms. The molecule has 7 nitrogen and oxygen atoms in total. The largest absolute Gasteiger partial charge is 0.471 e. The zero-order valence-electron chi connectivity index (χ0n) is 23.3. The van der Waals surface area contributed by atoms with Gasteiger partial charge in [0, 0.05) is 50.0 Å². The van der Waals surface area contributed by atoms with Crippen molar-refractivity contribution in [3.63, 3.8) is 0 Å². The van der Waals surface area contributed by atoms with Crippen LogP contribution >= 0.6 is 0 Å². The van der Waals surface area contributed by atoms with Crippen LogP contribution in [-0.4, -0.2) is 67.1 Å². The molecule has 0 unspecified atom stereocenters. The van der Waals surface area contributed by atoms with Crippen molar-refractivity contribution in [2.24, 2.45) is 0 Å². The third-order valence-corrected chi connectivity index (χ3v) is 6.65. The van der Waals surface area contributed by atoms with Crippen molar-refractivity contribution >= 4 is 16.5 Å². The van der Waals surface area contributed by atoms with E-state index in [1.807, 2.05) is 40.7 Å². The fourth-order valence-corrected chi connectivity index (χ4v) is 4.49. The van der Waals surface area contributed by atoms with Crippen molar-refractivity contribution in [1.29, 1.82) is 5.26 Å². The van der Waals surface area contributed by atoms with Crippen LogP contribution in [-0.2, 0) is 9.47 Å². The number of nitrogens with one attached hydrogen (secondary N) is 1. The summed E-state index contributed by atoms with van der Waals surface area (Å²) in [6, 6.07) is 16.9. The van der Waals surface area contributed by atoms with Crippen LogP contribution in [0.3, 0.4) is 0 Å². The van der Waals surface area contributed by atoms with Gasteiger partial charge in [0.2, 0.25) is 5.88 Å². The molecule has 7 heteroatoms.